The van der Waals surface area contributed by atoms with E-state index in [4.69, 9.17) is 32.7 Å². The van der Waals surface area contributed by atoms with Gasteiger partial charge in [-0.15, -0.1) is 10.2 Å². The normalized spacial score (nSPS) is 10.8. The fourth-order valence-corrected chi connectivity index (χ4v) is 4.91. The number of hydrogen-bond acceptors (Lipinski definition) is 6. The maximum Gasteiger partial charge on any atom is 0.234 e. The van der Waals surface area contributed by atoms with Gasteiger partial charge in [0.1, 0.15) is 11.5 Å². The second-order valence-corrected chi connectivity index (χ2v) is 9.69. The summed E-state index contributed by atoms with van der Waals surface area (Å²) in [7, 11) is 3.13. The lowest BCUT2D eigenvalue weighted by Gasteiger charge is -2.14. The van der Waals surface area contributed by atoms with Gasteiger partial charge in [0.05, 0.1) is 36.2 Å². The summed E-state index contributed by atoms with van der Waals surface area (Å²) in [4.78, 5) is 12.8. The minimum atomic E-state index is -0.151. The lowest BCUT2D eigenvalue weighted by Crippen LogP contribution is -2.16. The molecule has 1 aromatic heterocycles. The highest BCUT2D eigenvalue weighted by Crippen LogP contribution is 2.37. The Kier molecular flexibility index (Phi) is 8.08. The van der Waals surface area contributed by atoms with Gasteiger partial charge in [0.25, 0.3) is 0 Å². The van der Waals surface area contributed by atoms with Crippen LogP contribution in [0, 0.1) is 13.8 Å². The van der Waals surface area contributed by atoms with Gasteiger partial charge in [0.2, 0.25) is 5.91 Å². The molecular formula is C26H24Cl2N4O3S. The van der Waals surface area contributed by atoms with E-state index in [0.717, 1.165) is 16.8 Å². The molecule has 0 aliphatic carbocycles. The van der Waals surface area contributed by atoms with Crippen molar-refractivity contribution in [2.75, 3.05) is 25.3 Å². The van der Waals surface area contributed by atoms with Gasteiger partial charge in [-0.25, -0.2) is 0 Å². The molecule has 0 spiro atoms. The van der Waals surface area contributed by atoms with Crippen molar-refractivity contribution in [1.82, 2.24) is 14.8 Å². The zero-order chi connectivity index (χ0) is 25.8. The summed E-state index contributed by atoms with van der Waals surface area (Å²) in [6, 6.07) is 16.5. The monoisotopic (exact) mass is 542 g/mol. The van der Waals surface area contributed by atoms with E-state index < -0.39 is 0 Å². The quantitative estimate of drug-likeness (QED) is 0.252. The average molecular weight is 543 g/mol. The van der Waals surface area contributed by atoms with E-state index in [1.165, 1.54) is 11.8 Å². The minimum Gasteiger partial charge on any atom is -0.496 e. The van der Waals surface area contributed by atoms with E-state index >= 15 is 0 Å². The lowest BCUT2D eigenvalue weighted by molar-refractivity contribution is -0.113. The predicted octanol–water partition coefficient (Wildman–Crippen LogP) is 6.61. The Hall–Kier alpha value is -3.20. The molecule has 1 amide bonds. The number of carbonyl (C=O) groups excluding carboxylic acids is 1. The first-order valence-corrected chi connectivity index (χ1v) is 12.7. The number of para-hydroxylation sites is 1. The SMILES string of the molecule is COc1ccc(-n2c(SCC(=O)Nc3c(C)cccc3C)nnc2-c2cc(Cl)ccc2OC)cc1Cl. The van der Waals surface area contributed by atoms with Crippen LogP contribution in [-0.2, 0) is 4.79 Å². The number of aromatic nitrogens is 3. The number of nitrogens with zero attached hydrogens (tertiary/aromatic N) is 3. The van der Waals surface area contributed by atoms with Gasteiger partial charge in [0, 0.05) is 10.7 Å². The Bertz CT molecular complexity index is 1400. The fraction of sp³-hybridized carbons (Fsp3) is 0.192. The maximum atomic E-state index is 12.8. The summed E-state index contributed by atoms with van der Waals surface area (Å²) in [6.07, 6.45) is 0. The minimum absolute atomic E-state index is 0.127. The van der Waals surface area contributed by atoms with Crippen LogP contribution in [-0.4, -0.2) is 40.6 Å². The van der Waals surface area contributed by atoms with E-state index in [-0.39, 0.29) is 11.7 Å². The van der Waals surface area contributed by atoms with Gasteiger partial charge in [-0.2, -0.15) is 0 Å². The number of benzene rings is 3. The zero-order valence-corrected chi connectivity index (χ0v) is 22.5. The van der Waals surface area contributed by atoms with Crippen molar-refractivity contribution in [3.05, 3.63) is 75.8 Å². The molecule has 0 saturated heterocycles. The smallest absolute Gasteiger partial charge is 0.234 e. The van der Waals surface area contributed by atoms with Gasteiger partial charge in [-0.3, -0.25) is 9.36 Å². The van der Waals surface area contributed by atoms with Crippen LogP contribution >= 0.6 is 35.0 Å². The van der Waals surface area contributed by atoms with Crippen LogP contribution in [0.4, 0.5) is 5.69 Å². The Morgan fingerprint density at radius 3 is 2.33 bits per heavy atom. The molecule has 36 heavy (non-hydrogen) atoms. The number of anilines is 1. The highest BCUT2D eigenvalue weighted by Gasteiger charge is 2.21. The van der Waals surface area contributed by atoms with E-state index in [9.17, 15) is 4.79 Å². The summed E-state index contributed by atoms with van der Waals surface area (Å²) in [6.45, 7) is 3.93. The maximum absolute atomic E-state index is 12.8. The van der Waals surface area contributed by atoms with Crippen LogP contribution in [0.3, 0.4) is 0 Å². The third-order valence-electron chi connectivity index (χ3n) is 5.51. The van der Waals surface area contributed by atoms with Crippen LogP contribution < -0.4 is 14.8 Å². The molecule has 0 radical (unpaired) electrons. The zero-order valence-electron chi connectivity index (χ0n) is 20.1. The van der Waals surface area contributed by atoms with Crippen molar-refractivity contribution in [3.63, 3.8) is 0 Å². The number of rotatable bonds is 8. The summed E-state index contributed by atoms with van der Waals surface area (Å²) in [5.74, 6) is 1.59. The standard InChI is InChI=1S/C26H24Cl2N4O3S/c1-15-6-5-7-16(2)24(15)29-23(33)14-36-26-31-30-25(19-12-17(27)8-10-21(19)34-3)32(26)18-9-11-22(35-4)20(28)13-18/h5-13H,14H2,1-4H3,(H,29,33). The summed E-state index contributed by atoms with van der Waals surface area (Å²) >= 11 is 14.0. The first-order valence-electron chi connectivity index (χ1n) is 10.9. The van der Waals surface area contributed by atoms with Gasteiger partial charge >= 0.3 is 0 Å². The Balaban J connectivity index is 1.71. The first-order chi connectivity index (χ1) is 17.3. The number of halogens is 2. The molecule has 0 saturated carbocycles. The number of carbonyl (C=O) groups is 1. The van der Waals surface area contributed by atoms with E-state index in [1.54, 1.807) is 44.6 Å². The van der Waals surface area contributed by atoms with Crippen LogP contribution in [0.25, 0.3) is 17.1 Å². The molecule has 0 bridgehead atoms. The van der Waals surface area contributed by atoms with Gasteiger partial charge < -0.3 is 14.8 Å². The molecule has 3 aromatic carbocycles. The summed E-state index contributed by atoms with van der Waals surface area (Å²) < 4.78 is 12.7. The third-order valence-corrected chi connectivity index (χ3v) is 6.97. The van der Waals surface area contributed by atoms with Crippen LogP contribution in [0.15, 0.2) is 59.8 Å². The van der Waals surface area contributed by atoms with E-state index in [0.29, 0.717) is 43.8 Å². The fourth-order valence-electron chi connectivity index (χ4n) is 3.74. The van der Waals surface area contributed by atoms with Crippen molar-refractivity contribution in [2.24, 2.45) is 0 Å². The molecule has 1 heterocycles. The van der Waals surface area contributed by atoms with Gasteiger partial charge in [-0.1, -0.05) is 53.2 Å². The summed E-state index contributed by atoms with van der Waals surface area (Å²) in [5, 5.41) is 13.3. The van der Waals surface area contributed by atoms with Crippen molar-refractivity contribution in [2.45, 2.75) is 19.0 Å². The number of aryl methyl sites for hydroxylation is 2. The second kappa shape index (κ2) is 11.2. The molecule has 1 N–H and O–H groups in total. The predicted molar refractivity (Wildman–Crippen MR) is 145 cm³/mol. The number of hydrogen-bond donors (Lipinski definition) is 1. The number of ether oxygens (including phenoxy) is 2. The molecule has 0 fully saturated rings. The number of methoxy groups -OCH3 is 2. The van der Waals surface area contributed by atoms with Crippen LogP contribution in [0.1, 0.15) is 11.1 Å². The number of nitrogens with one attached hydrogen (secondary N) is 1. The molecule has 7 nitrogen and oxygen atoms in total. The van der Waals surface area contributed by atoms with Crippen molar-refractivity contribution in [3.8, 4) is 28.6 Å². The van der Waals surface area contributed by atoms with Crippen molar-refractivity contribution < 1.29 is 14.3 Å². The molecule has 10 heteroatoms. The second-order valence-electron chi connectivity index (χ2n) is 7.91. The average Bonchev–Trinajstić information content (AvgIpc) is 3.29. The van der Waals surface area contributed by atoms with E-state index in [1.807, 2.05) is 42.7 Å². The Morgan fingerprint density at radius 1 is 0.972 bits per heavy atom. The first kappa shape index (κ1) is 25.9. The molecule has 0 aliphatic heterocycles. The topological polar surface area (TPSA) is 78.3 Å². The Morgan fingerprint density at radius 2 is 1.67 bits per heavy atom. The van der Waals surface area contributed by atoms with E-state index in [2.05, 4.69) is 15.5 Å². The lowest BCUT2D eigenvalue weighted by atomic mass is 10.1. The molecule has 186 valence electrons. The molecule has 0 aliphatic rings. The van der Waals surface area contributed by atoms with Crippen molar-refractivity contribution in [1.29, 1.82) is 0 Å². The van der Waals surface area contributed by atoms with Gasteiger partial charge in [-0.05, 0) is 61.4 Å². The molecule has 0 unspecified atom stereocenters. The van der Waals surface area contributed by atoms with Crippen LogP contribution in [0.2, 0.25) is 10.0 Å². The highest BCUT2D eigenvalue weighted by atomic mass is 35.5. The number of thioether (sulfide) groups is 1. The van der Waals surface area contributed by atoms with Crippen molar-refractivity contribution >= 4 is 46.6 Å². The third kappa shape index (κ3) is 5.46. The Labute approximate surface area is 223 Å². The molecule has 4 aromatic rings. The molecular weight excluding hydrogens is 519 g/mol. The summed E-state index contributed by atoms with van der Waals surface area (Å²) in [5.41, 5.74) is 4.16. The van der Waals surface area contributed by atoms with Gasteiger partial charge in [0.15, 0.2) is 11.0 Å². The molecule has 0 atom stereocenters. The number of amides is 1. The molecule has 4 rings (SSSR count). The largest absolute Gasteiger partial charge is 0.496 e. The highest BCUT2D eigenvalue weighted by molar-refractivity contribution is 7.99. The van der Waals surface area contributed by atoms with Crippen LogP contribution in [0.5, 0.6) is 11.5 Å².